The van der Waals surface area contributed by atoms with Crippen LogP contribution in [0.25, 0.3) is 0 Å². The molecule has 2 nitrogen and oxygen atoms in total. The molecule has 0 fully saturated rings. The van der Waals surface area contributed by atoms with Gasteiger partial charge in [0, 0.05) is 13.6 Å². The van der Waals surface area contributed by atoms with E-state index in [1.54, 1.807) is 11.9 Å². The molecule has 4 heteroatoms. The molecular weight excluding hydrogens is 229 g/mol. The Balaban J connectivity index is 2.88. The van der Waals surface area contributed by atoms with Crippen LogP contribution in [0.2, 0.25) is 5.02 Å². The second-order valence-electron chi connectivity index (χ2n) is 4.20. The molecule has 0 saturated carbocycles. The van der Waals surface area contributed by atoms with Gasteiger partial charge in [-0.3, -0.25) is 4.79 Å². The van der Waals surface area contributed by atoms with Gasteiger partial charge in [-0.05, 0) is 24.1 Å². The van der Waals surface area contributed by atoms with E-state index in [2.05, 4.69) is 0 Å². The molecule has 0 aromatic heterocycles. The second-order valence-corrected chi connectivity index (χ2v) is 4.61. The Hall–Kier alpha value is -1.09. The smallest absolute Gasteiger partial charge is 0.255 e. The normalized spacial score (nSPS) is 10.6. The summed E-state index contributed by atoms with van der Waals surface area (Å²) in [5, 5.41) is 0.153. The fraction of sp³-hybridized carbons (Fsp3) is 0.417. The summed E-state index contributed by atoms with van der Waals surface area (Å²) in [5.74, 6) is -0.236. The number of amides is 1. The Morgan fingerprint density at radius 3 is 2.62 bits per heavy atom. The lowest BCUT2D eigenvalue weighted by molar-refractivity contribution is 0.0779. The van der Waals surface area contributed by atoms with E-state index in [1.807, 2.05) is 13.8 Å². The third-order valence-electron chi connectivity index (χ3n) is 2.15. The van der Waals surface area contributed by atoms with Crippen molar-refractivity contribution in [3.05, 3.63) is 34.6 Å². The van der Waals surface area contributed by atoms with Crippen molar-refractivity contribution in [1.29, 1.82) is 0 Å². The van der Waals surface area contributed by atoms with Crippen LogP contribution in [0.15, 0.2) is 18.2 Å². The Labute approximate surface area is 100 Å². The van der Waals surface area contributed by atoms with Crippen LogP contribution in [-0.4, -0.2) is 24.4 Å². The van der Waals surface area contributed by atoms with Crippen LogP contribution < -0.4 is 0 Å². The molecule has 0 aliphatic rings. The standard InChI is InChI=1S/C12H15ClFNO/c1-8(2)7-15(3)12(16)10-5-4-9(14)6-11(10)13/h4-6,8H,7H2,1-3H3. The van der Waals surface area contributed by atoms with Crippen LogP contribution >= 0.6 is 11.6 Å². The maximum atomic E-state index is 12.8. The lowest BCUT2D eigenvalue weighted by Crippen LogP contribution is -2.30. The molecule has 0 bridgehead atoms. The Bertz CT molecular complexity index is 393. The molecule has 88 valence electrons. The van der Waals surface area contributed by atoms with Crippen molar-refractivity contribution in [3.63, 3.8) is 0 Å². The molecule has 0 unspecified atom stereocenters. The number of nitrogens with zero attached hydrogens (tertiary/aromatic N) is 1. The predicted octanol–water partition coefficient (Wildman–Crippen LogP) is 3.21. The van der Waals surface area contributed by atoms with Crippen molar-refractivity contribution in [2.45, 2.75) is 13.8 Å². The maximum absolute atomic E-state index is 12.8. The molecule has 1 rings (SSSR count). The molecule has 1 aromatic rings. The van der Waals surface area contributed by atoms with Crippen molar-refractivity contribution in [2.24, 2.45) is 5.92 Å². The van der Waals surface area contributed by atoms with Crippen LogP contribution in [0.3, 0.4) is 0 Å². The zero-order valence-corrected chi connectivity index (χ0v) is 10.4. The quantitative estimate of drug-likeness (QED) is 0.798. The number of hydrogen-bond donors (Lipinski definition) is 0. The highest BCUT2D eigenvalue weighted by Crippen LogP contribution is 2.19. The summed E-state index contributed by atoms with van der Waals surface area (Å²) < 4.78 is 12.8. The van der Waals surface area contributed by atoms with Crippen molar-refractivity contribution in [3.8, 4) is 0 Å². The van der Waals surface area contributed by atoms with Crippen LogP contribution in [0.1, 0.15) is 24.2 Å². The number of carbonyl (C=O) groups is 1. The molecule has 0 atom stereocenters. The Morgan fingerprint density at radius 1 is 1.50 bits per heavy atom. The molecule has 0 spiro atoms. The molecule has 0 radical (unpaired) electrons. The minimum Gasteiger partial charge on any atom is -0.341 e. The summed E-state index contributed by atoms with van der Waals surface area (Å²) in [6, 6.07) is 3.80. The van der Waals surface area contributed by atoms with Crippen LogP contribution in [0.5, 0.6) is 0 Å². The Morgan fingerprint density at radius 2 is 2.12 bits per heavy atom. The van der Waals surface area contributed by atoms with E-state index in [9.17, 15) is 9.18 Å². The van der Waals surface area contributed by atoms with E-state index in [-0.39, 0.29) is 10.9 Å². The summed E-state index contributed by atoms with van der Waals surface area (Å²) in [6.45, 7) is 4.69. The highest BCUT2D eigenvalue weighted by Gasteiger charge is 2.16. The lowest BCUT2D eigenvalue weighted by atomic mass is 10.1. The van der Waals surface area contributed by atoms with E-state index in [1.165, 1.54) is 12.1 Å². The molecule has 0 saturated heterocycles. The van der Waals surface area contributed by atoms with Gasteiger partial charge in [-0.1, -0.05) is 25.4 Å². The first kappa shape index (κ1) is 13.0. The average Bonchev–Trinajstić information content (AvgIpc) is 2.15. The van der Waals surface area contributed by atoms with E-state index >= 15 is 0 Å². The zero-order chi connectivity index (χ0) is 12.3. The summed E-state index contributed by atoms with van der Waals surface area (Å²) in [5.41, 5.74) is 0.339. The first-order valence-corrected chi connectivity index (χ1v) is 5.50. The molecule has 0 N–H and O–H groups in total. The van der Waals surface area contributed by atoms with Gasteiger partial charge in [0.05, 0.1) is 10.6 Å². The van der Waals surface area contributed by atoms with Gasteiger partial charge in [0.2, 0.25) is 0 Å². The SMILES string of the molecule is CC(C)CN(C)C(=O)c1ccc(F)cc1Cl. The predicted molar refractivity (Wildman–Crippen MR) is 63.2 cm³/mol. The van der Waals surface area contributed by atoms with E-state index in [4.69, 9.17) is 11.6 Å². The number of hydrogen-bond acceptors (Lipinski definition) is 1. The van der Waals surface area contributed by atoms with Gasteiger partial charge in [0.1, 0.15) is 5.82 Å². The monoisotopic (exact) mass is 243 g/mol. The summed E-state index contributed by atoms with van der Waals surface area (Å²) in [4.78, 5) is 13.5. The van der Waals surface area contributed by atoms with Gasteiger partial charge in [-0.2, -0.15) is 0 Å². The minimum atomic E-state index is -0.437. The Kier molecular flexibility index (Phi) is 4.30. The summed E-state index contributed by atoms with van der Waals surface area (Å²) in [7, 11) is 1.71. The fourth-order valence-corrected chi connectivity index (χ4v) is 1.75. The fourth-order valence-electron chi connectivity index (χ4n) is 1.50. The van der Waals surface area contributed by atoms with Gasteiger partial charge in [-0.15, -0.1) is 0 Å². The van der Waals surface area contributed by atoms with Gasteiger partial charge in [0.15, 0.2) is 0 Å². The van der Waals surface area contributed by atoms with Crippen molar-refractivity contribution in [1.82, 2.24) is 4.90 Å². The second kappa shape index (κ2) is 5.30. The lowest BCUT2D eigenvalue weighted by Gasteiger charge is -2.19. The molecule has 0 heterocycles. The molecule has 16 heavy (non-hydrogen) atoms. The zero-order valence-electron chi connectivity index (χ0n) is 9.63. The molecule has 0 aliphatic heterocycles. The first-order chi connectivity index (χ1) is 7.41. The van der Waals surface area contributed by atoms with E-state index in [0.717, 1.165) is 6.07 Å². The van der Waals surface area contributed by atoms with E-state index in [0.29, 0.717) is 18.0 Å². The van der Waals surface area contributed by atoms with Gasteiger partial charge < -0.3 is 4.90 Å². The molecule has 1 aromatic carbocycles. The number of benzene rings is 1. The molecule has 0 aliphatic carbocycles. The largest absolute Gasteiger partial charge is 0.341 e. The highest BCUT2D eigenvalue weighted by atomic mass is 35.5. The molecular formula is C12H15ClFNO. The van der Waals surface area contributed by atoms with Crippen LogP contribution in [0.4, 0.5) is 4.39 Å². The minimum absolute atomic E-state index is 0.153. The van der Waals surface area contributed by atoms with Gasteiger partial charge in [-0.25, -0.2) is 4.39 Å². The summed E-state index contributed by atoms with van der Waals surface area (Å²) in [6.07, 6.45) is 0. The highest BCUT2D eigenvalue weighted by molar-refractivity contribution is 6.33. The van der Waals surface area contributed by atoms with E-state index < -0.39 is 5.82 Å². The van der Waals surface area contributed by atoms with Crippen molar-refractivity contribution in [2.75, 3.05) is 13.6 Å². The third-order valence-corrected chi connectivity index (χ3v) is 2.46. The number of halogens is 2. The van der Waals surface area contributed by atoms with Crippen LogP contribution in [0, 0.1) is 11.7 Å². The maximum Gasteiger partial charge on any atom is 0.255 e. The van der Waals surface area contributed by atoms with Gasteiger partial charge in [0.25, 0.3) is 5.91 Å². The van der Waals surface area contributed by atoms with Crippen molar-refractivity contribution < 1.29 is 9.18 Å². The average molecular weight is 244 g/mol. The molecule has 1 amide bonds. The first-order valence-electron chi connectivity index (χ1n) is 5.12. The number of carbonyl (C=O) groups excluding carboxylic acids is 1. The van der Waals surface area contributed by atoms with Gasteiger partial charge >= 0.3 is 0 Å². The topological polar surface area (TPSA) is 20.3 Å². The third kappa shape index (κ3) is 3.20. The number of rotatable bonds is 3. The summed E-state index contributed by atoms with van der Waals surface area (Å²) >= 11 is 5.82. The van der Waals surface area contributed by atoms with Crippen LogP contribution in [-0.2, 0) is 0 Å². The van der Waals surface area contributed by atoms with Crippen molar-refractivity contribution >= 4 is 17.5 Å².